The zero-order valence-electron chi connectivity index (χ0n) is 22.6. The van der Waals surface area contributed by atoms with E-state index in [0.717, 1.165) is 12.8 Å². The van der Waals surface area contributed by atoms with Crippen LogP contribution >= 0.6 is 0 Å². The van der Waals surface area contributed by atoms with Crippen molar-refractivity contribution in [3.63, 3.8) is 0 Å². The molecule has 2 amide bonds. The van der Waals surface area contributed by atoms with Crippen LogP contribution in [0.5, 0.6) is 0 Å². The van der Waals surface area contributed by atoms with Crippen LogP contribution in [-0.4, -0.2) is 49.8 Å². The van der Waals surface area contributed by atoms with Gasteiger partial charge in [-0.15, -0.1) is 0 Å². The Hall–Kier alpha value is -3.50. The number of sulfonamides is 1. The van der Waals surface area contributed by atoms with Crippen molar-refractivity contribution < 1.29 is 22.7 Å². The minimum atomic E-state index is -3.87. The molecular formula is C28H36N4O5S. The predicted molar refractivity (Wildman–Crippen MR) is 149 cm³/mol. The van der Waals surface area contributed by atoms with Gasteiger partial charge in [0.15, 0.2) is 0 Å². The molecule has 9 nitrogen and oxygen atoms in total. The van der Waals surface area contributed by atoms with Gasteiger partial charge in [-0.2, -0.15) is 0 Å². The second-order valence-corrected chi connectivity index (χ2v) is 11.7. The van der Waals surface area contributed by atoms with E-state index in [-0.39, 0.29) is 23.1 Å². The number of nitrogens with one attached hydrogen (secondary N) is 1. The summed E-state index contributed by atoms with van der Waals surface area (Å²) in [5.41, 5.74) is 2.37. The zero-order valence-corrected chi connectivity index (χ0v) is 23.4. The van der Waals surface area contributed by atoms with Gasteiger partial charge in [0.1, 0.15) is 11.4 Å². The van der Waals surface area contributed by atoms with Gasteiger partial charge in [-0.25, -0.2) is 23.3 Å². The van der Waals surface area contributed by atoms with Gasteiger partial charge in [0, 0.05) is 30.6 Å². The number of benzene rings is 2. The number of hydrogen-bond acceptors (Lipinski definition) is 6. The van der Waals surface area contributed by atoms with E-state index >= 15 is 0 Å². The van der Waals surface area contributed by atoms with E-state index in [1.165, 1.54) is 12.1 Å². The number of amides is 2. The third-order valence-corrected chi connectivity index (χ3v) is 6.57. The van der Waals surface area contributed by atoms with Crippen molar-refractivity contribution in [1.82, 2.24) is 10.2 Å². The first-order chi connectivity index (χ1) is 17.8. The number of alkyl carbamates (subject to hydrolysis) is 1. The Morgan fingerprint density at radius 1 is 1.05 bits per heavy atom. The summed E-state index contributed by atoms with van der Waals surface area (Å²) in [4.78, 5) is 32.6. The predicted octanol–water partition coefficient (Wildman–Crippen LogP) is 4.99. The molecule has 0 spiro atoms. The van der Waals surface area contributed by atoms with Crippen molar-refractivity contribution in [2.24, 2.45) is 10.1 Å². The first-order valence-electron chi connectivity index (χ1n) is 12.7. The number of rotatable bonds is 7. The SMILES string of the molecule is CCCN(CCC)C(=O)C1=Cc2ccc(-c3cccc(S(N)(=O)=O)c3)cc2N=C(NC(=O)OC(C)(C)C)C1. The van der Waals surface area contributed by atoms with E-state index in [0.29, 0.717) is 41.0 Å². The zero-order chi connectivity index (χ0) is 28.1. The lowest BCUT2D eigenvalue weighted by Gasteiger charge is -2.23. The molecule has 10 heteroatoms. The third kappa shape index (κ3) is 7.75. The third-order valence-electron chi connectivity index (χ3n) is 5.66. The number of ether oxygens (including phenoxy) is 1. The summed E-state index contributed by atoms with van der Waals surface area (Å²) in [6.45, 7) is 10.6. The van der Waals surface area contributed by atoms with Crippen molar-refractivity contribution >= 4 is 39.6 Å². The molecule has 38 heavy (non-hydrogen) atoms. The molecule has 0 radical (unpaired) electrons. The molecule has 0 atom stereocenters. The van der Waals surface area contributed by atoms with Crippen LogP contribution in [0, 0.1) is 0 Å². The van der Waals surface area contributed by atoms with E-state index in [2.05, 4.69) is 10.3 Å². The highest BCUT2D eigenvalue weighted by Gasteiger charge is 2.24. The van der Waals surface area contributed by atoms with Crippen molar-refractivity contribution in [2.45, 2.75) is 64.4 Å². The lowest BCUT2D eigenvalue weighted by Crippen LogP contribution is -2.38. The molecule has 1 aliphatic rings. The molecule has 0 aliphatic carbocycles. The standard InChI is InChI=1S/C28H36N4O5S/c1-6-13-32(14-7-2)26(33)22-15-21-12-11-20(19-9-8-10-23(16-19)38(29,35)36)17-24(21)30-25(18-22)31-27(34)37-28(3,4)5/h8-12,15-17H,6-7,13-14,18H2,1-5H3,(H2,29,35,36)(H,30,31,34). The Balaban J connectivity index is 2.08. The molecule has 0 saturated carbocycles. The van der Waals surface area contributed by atoms with E-state index in [1.807, 2.05) is 30.9 Å². The Labute approximate surface area is 224 Å². The van der Waals surface area contributed by atoms with Gasteiger partial charge in [-0.05, 0) is 69.0 Å². The molecule has 0 fully saturated rings. The number of nitrogens with zero attached hydrogens (tertiary/aromatic N) is 2. The molecular weight excluding hydrogens is 504 g/mol. The van der Waals surface area contributed by atoms with Crippen LogP contribution in [0.1, 0.15) is 59.4 Å². The van der Waals surface area contributed by atoms with Gasteiger partial charge in [-0.3, -0.25) is 10.1 Å². The molecule has 0 saturated heterocycles. The Morgan fingerprint density at radius 2 is 1.71 bits per heavy atom. The average molecular weight is 541 g/mol. The fourth-order valence-electron chi connectivity index (χ4n) is 4.09. The lowest BCUT2D eigenvalue weighted by molar-refractivity contribution is -0.127. The molecule has 3 N–H and O–H groups in total. The van der Waals surface area contributed by atoms with E-state index < -0.39 is 21.7 Å². The van der Waals surface area contributed by atoms with Crippen LogP contribution in [0.15, 0.2) is 57.9 Å². The van der Waals surface area contributed by atoms with Gasteiger partial charge in [0.05, 0.1) is 10.6 Å². The second-order valence-electron chi connectivity index (χ2n) is 10.2. The maximum Gasteiger partial charge on any atom is 0.413 e. The quantitative estimate of drug-likeness (QED) is 0.511. The Morgan fingerprint density at radius 3 is 2.32 bits per heavy atom. The summed E-state index contributed by atoms with van der Waals surface area (Å²) in [6.07, 6.45) is 2.91. The summed E-state index contributed by atoms with van der Waals surface area (Å²) in [6, 6.07) is 11.8. The number of carbonyl (C=O) groups excluding carboxylic acids is 2. The molecule has 204 valence electrons. The van der Waals surface area contributed by atoms with Gasteiger partial charge < -0.3 is 9.64 Å². The maximum atomic E-state index is 13.5. The van der Waals surface area contributed by atoms with Gasteiger partial charge >= 0.3 is 6.09 Å². The Kier molecular flexibility index (Phi) is 9.11. The number of carbonyl (C=O) groups is 2. The van der Waals surface area contributed by atoms with Gasteiger partial charge in [-0.1, -0.05) is 38.1 Å². The molecule has 0 bridgehead atoms. The number of fused-ring (bicyclic) bond motifs is 1. The van der Waals surface area contributed by atoms with Crippen molar-refractivity contribution in [3.8, 4) is 11.1 Å². The topological polar surface area (TPSA) is 131 Å². The molecule has 0 unspecified atom stereocenters. The monoisotopic (exact) mass is 540 g/mol. The van der Waals surface area contributed by atoms with Crippen LogP contribution in [-0.2, 0) is 19.6 Å². The summed E-state index contributed by atoms with van der Waals surface area (Å²) in [7, 11) is -3.87. The minimum Gasteiger partial charge on any atom is -0.444 e. The average Bonchev–Trinajstić information content (AvgIpc) is 3.00. The van der Waals surface area contributed by atoms with Crippen LogP contribution in [0.2, 0.25) is 0 Å². The van der Waals surface area contributed by atoms with Gasteiger partial charge in [0.2, 0.25) is 15.9 Å². The summed E-state index contributed by atoms with van der Waals surface area (Å²) in [5.74, 6) is 0.172. The number of aliphatic imine (C=N–C) groups is 1. The van der Waals surface area contributed by atoms with Crippen molar-refractivity contribution in [1.29, 1.82) is 0 Å². The van der Waals surface area contributed by atoms with E-state index in [1.54, 1.807) is 45.0 Å². The van der Waals surface area contributed by atoms with Gasteiger partial charge in [0.25, 0.3) is 0 Å². The van der Waals surface area contributed by atoms with Crippen molar-refractivity contribution in [2.75, 3.05) is 13.1 Å². The highest BCUT2D eigenvalue weighted by Crippen LogP contribution is 2.33. The van der Waals surface area contributed by atoms with E-state index in [4.69, 9.17) is 9.88 Å². The van der Waals surface area contributed by atoms with E-state index in [9.17, 15) is 18.0 Å². The first-order valence-corrected chi connectivity index (χ1v) is 14.2. The molecule has 0 aromatic heterocycles. The number of primary sulfonamides is 1. The highest BCUT2D eigenvalue weighted by molar-refractivity contribution is 7.89. The number of amidine groups is 1. The van der Waals surface area contributed by atoms with Crippen LogP contribution in [0.3, 0.4) is 0 Å². The maximum absolute atomic E-state index is 13.5. The highest BCUT2D eigenvalue weighted by atomic mass is 32.2. The Bertz CT molecular complexity index is 1370. The van der Waals surface area contributed by atoms with Crippen LogP contribution in [0.25, 0.3) is 17.2 Å². The molecule has 3 rings (SSSR count). The smallest absolute Gasteiger partial charge is 0.413 e. The summed E-state index contributed by atoms with van der Waals surface area (Å²) >= 11 is 0. The lowest BCUT2D eigenvalue weighted by atomic mass is 10.0. The second kappa shape index (κ2) is 11.9. The first kappa shape index (κ1) is 29.1. The summed E-state index contributed by atoms with van der Waals surface area (Å²) < 4.78 is 29.1. The molecule has 1 heterocycles. The minimum absolute atomic E-state index is 0.000411. The molecule has 1 aliphatic heterocycles. The summed E-state index contributed by atoms with van der Waals surface area (Å²) in [5, 5.41) is 8.02. The normalized spacial score (nSPS) is 13.5. The van der Waals surface area contributed by atoms with Crippen LogP contribution in [0.4, 0.5) is 10.5 Å². The fourth-order valence-corrected chi connectivity index (χ4v) is 4.65. The molecule has 2 aromatic rings. The van der Waals surface area contributed by atoms with Crippen molar-refractivity contribution in [3.05, 3.63) is 53.6 Å². The largest absolute Gasteiger partial charge is 0.444 e. The fraction of sp³-hybridized carbons (Fsp3) is 0.393. The number of hydrogen-bond donors (Lipinski definition) is 2. The van der Waals surface area contributed by atoms with Crippen LogP contribution < -0.4 is 10.5 Å². The molecule has 2 aromatic carbocycles. The number of nitrogens with two attached hydrogens (primary N) is 1.